The second-order valence-corrected chi connectivity index (χ2v) is 11.8. The Hall–Kier alpha value is -2.15. The number of halogens is 1. The van der Waals surface area contributed by atoms with Crippen molar-refractivity contribution < 1.29 is 28.6 Å². The van der Waals surface area contributed by atoms with Gasteiger partial charge in [0.1, 0.15) is 17.6 Å². The molecule has 184 valence electrons. The fourth-order valence-electron chi connectivity index (χ4n) is 7.93. The van der Waals surface area contributed by atoms with E-state index in [0.717, 1.165) is 36.2 Å². The molecule has 4 bridgehead atoms. The number of methoxy groups -OCH3 is 1. The molecule has 0 spiro atoms. The summed E-state index contributed by atoms with van der Waals surface area (Å²) in [7, 11) is 1.51. The van der Waals surface area contributed by atoms with E-state index < -0.39 is 29.8 Å². The van der Waals surface area contributed by atoms with Crippen LogP contribution in [0.1, 0.15) is 73.7 Å². The van der Waals surface area contributed by atoms with E-state index in [4.69, 9.17) is 9.47 Å². The van der Waals surface area contributed by atoms with Crippen LogP contribution in [0.4, 0.5) is 4.39 Å². The number of likely N-dealkylation sites (tertiary alicyclic amines) is 1. The lowest BCUT2D eigenvalue weighted by atomic mass is 9.70. The third-order valence-corrected chi connectivity index (χ3v) is 9.55. The smallest absolute Gasteiger partial charge is 0.326 e. The molecule has 1 aromatic rings. The molecule has 1 aliphatic heterocycles. The molecule has 1 heterocycles. The summed E-state index contributed by atoms with van der Waals surface area (Å²) < 4.78 is 27.1. The fourth-order valence-corrected chi connectivity index (χ4v) is 7.93. The summed E-state index contributed by atoms with van der Waals surface area (Å²) in [6, 6.07) is 1.96. The van der Waals surface area contributed by atoms with Gasteiger partial charge in [0, 0.05) is 31.1 Å². The predicted molar refractivity (Wildman–Crippen MR) is 122 cm³/mol. The van der Waals surface area contributed by atoms with E-state index in [-0.39, 0.29) is 29.4 Å². The summed E-state index contributed by atoms with van der Waals surface area (Å²) in [6.07, 6.45) is 8.04. The Balaban J connectivity index is 1.25. The normalized spacial score (nSPS) is 38.0. The minimum atomic E-state index is -1.09. The van der Waals surface area contributed by atoms with E-state index in [0.29, 0.717) is 12.4 Å². The van der Waals surface area contributed by atoms with Crippen molar-refractivity contribution in [2.24, 2.45) is 29.1 Å². The van der Waals surface area contributed by atoms with E-state index in [1.54, 1.807) is 13.0 Å². The number of carbonyl (C=O) groups is 2. The van der Waals surface area contributed by atoms with Crippen LogP contribution in [-0.2, 0) is 9.53 Å². The van der Waals surface area contributed by atoms with Gasteiger partial charge >= 0.3 is 5.97 Å². The second kappa shape index (κ2) is 7.94. The Morgan fingerprint density at radius 1 is 1.18 bits per heavy atom. The zero-order valence-electron chi connectivity index (χ0n) is 20.0. The van der Waals surface area contributed by atoms with Gasteiger partial charge in [0.05, 0.1) is 18.3 Å². The molecule has 1 aromatic carbocycles. The monoisotopic (exact) mass is 471 g/mol. The molecule has 7 heteroatoms. The van der Waals surface area contributed by atoms with E-state index in [9.17, 15) is 14.7 Å². The number of carbonyl (C=O) groups excluding carboxylic acids is 1. The van der Waals surface area contributed by atoms with Gasteiger partial charge in [-0.3, -0.25) is 4.79 Å². The summed E-state index contributed by atoms with van der Waals surface area (Å²) in [5, 5.41) is 9.73. The van der Waals surface area contributed by atoms with Crippen LogP contribution in [0.15, 0.2) is 12.1 Å². The summed E-state index contributed by atoms with van der Waals surface area (Å²) in [4.78, 5) is 26.5. The van der Waals surface area contributed by atoms with Crippen LogP contribution in [0.2, 0.25) is 0 Å². The minimum Gasteiger partial charge on any atom is -0.493 e. The Morgan fingerprint density at radius 2 is 1.88 bits per heavy atom. The summed E-state index contributed by atoms with van der Waals surface area (Å²) in [5.41, 5.74) is 1.05. The maximum absolute atomic E-state index is 15.3. The molecule has 6 aliphatic rings. The Bertz CT molecular complexity index is 1000. The Kier molecular flexibility index (Phi) is 5.21. The van der Waals surface area contributed by atoms with E-state index in [1.807, 2.05) is 0 Å². The highest BCUT2D eigenvalue weighted by Crippen LogP contribution is 2.64. The van der Waals surface area contributed by atoms with Gasteiger partial charge in [-0.25, -0.2) is 9.18 Å². The quantitative estimate of drug-likeness (QED) is 0.635. The average molecular weight is 472 g/mol. The Labute approximate surface area is 199 Å². The molecule has 1 amide bonds. The molecule has 5 saturated carbocycles. The van der Waals surface area contributed by atoms with Crippen molar-refractivity contribution >= 4 is 11.9 Å². The molecule has 34 heavy (non-hydrogen) atoms. The zero-order chi connectivity index (χ0) is 23.8. The fraction of sp³-hybridized carbons (Fsp3) is 0.704. The van der Waals surface area contributed by atoms with Gasteiger partial charge in [-0.15, -0.1) is 0 Å². The van der Waals surface area contributed by atoms with Gasteiger partial charge in [0.15, 0.2) is 0 Å². The van der Waals surface area contributed by atoms with Gasteiger partial charge in [-0.05, 0) is 80.2 Å². The molecule has 3 unspecified atom stereocenters. The van der Waals surface area contributed by atoms with E-state index >= 15 is 4.39 Å². The lowest BCUT2D eigenvalue weighted by Gasteiger charge is -2.38. The van der Waals surface area contributed by atoms with E-state index in [2.05, 4.69) is 0 Å². The molecule has 0 aromatic heterocycles. The van der Waals surface area contributed by atoms with Gasteiger partial charge in [-0.1, -0.05) is 6.92 Å². The van der Waals surface area contributed by atoms with Crippen molar-refractivity contribution in [2.45, 2.75) is 69.9 Å². The molecule has 1 N–H and O–H groups in total. The van der Waals surface area contributed by atoms with Gasteiger partial charge < -0.3 is 19.5 Å². The number of rotatable bonds is 7. The standard InChI is InChI=1S/C27H34FNO5/c1-14-23(33-2)12-29(24(14)26(31)32)25(30)20-7-19(16-3-4-16)22(8-21(20)28)34-13-27-9-15-5-17(10-27)18(6-15)11-27/h7-8,14-18,23-24H,3-6,9-13H2,1-2H3,(H,31,32)/t14?,15?,17?,18?,23-,24-,27?/m0/s1. The lowest BCUT2D eigenvalue weighted by molar-refractivity contribution is -0.142. The SMILES string of the molecule is CO[C@H]1CN(C(=O)c2cc(C3CC3)c(OCC34CC5CC(C3)C(C5)C4)cc2F)[C@H](C(=O)O)C1C. The van der Waals surface area contributed by atoms with E-state index in [1.165, 1.54) is 50.2 Å². The summed E-state index contributed by atoms with van der Waals surface area (Å²) in [5.74, 6) is 0.666. The van der Waals surface area contributed by atoms with Crippen LogP contribution < -0.4 is 4.74 Å². The minimum absolute atomic E-state index is 0.0672. The zero-order valence-corrected chi connectivity index (χ0v) is 20.0. The van der Waals surface area contributed by atoms with Crippen LogP contribution in [-0.4, -0.2) is 54.3 Å². The van der Waals surface area contributed by atoms with Crippen molar-refractivity contribution in [1.82, 2.24) is 4.90 Å². The van der Waals surface area contributed by atoms with Crippen molar-refractivity contribution in [1.29, 1.82) is 0 Å². The molecule has 5 aliphatic carbocycles. The number of benzene rings is 1. The number of aliphatic carboxylic acids is 1. The maximum atomic E-state index is 15.3. The van der Waals surface area contributed by atoms with Crippen LogP contribution in [0, 0.1) is 34.9 Å². The number of amides is 1. The topological polar surface area (TPSA) is 76.1 Å². The van der Waals surface area contributed by atoms with Crippen molar-refractivity contribution in [3.8, 4) is 5.75 Å². The molecule has 5 atom stereocenters. The van der Waals surface area contributed by atoms with Gasteiger partial charge in [0.2, 0.25) is 0 Å². The first-order valence-corrected chi connectivity index (χ1v) is 12.8. The first-order chi connectivity index (χ1) is 16.3. The van der Waals surface area contributed by atoms with Crippen LogP contribution in [0.25, 0.3) is 0 Å². The molecular formula is C27H34FNO5. The number of hydrogen-bond donors (Lipinski definition) is 1. The molecular weight excluding hydrogens is 437 g/mol. The third kappa shape index (κ3) is 3.53. The highest BCUT2D eigenvalue weighted by atomic mass is 19.1. The molecule has 1 saturated heterocycles. The third-order valence-electron chi connectivity index (χ3n) is 9.55. The molecule has 6 fully saturated rings. The number of carboxylic acids is 1. The van der Waals surface area contributed by atoms with Crippen LogP contribution in [0.5, 0.6) is 5.75 Å². The number of nitrogens with zero attached hydrogens (tertiary/aromatic N) is 1. The second-order valence-electron chi connectivity index (χ2n) is 11.8. The van der Waals surface area contributed by atoms with Gasteiger partial charge in [0.25, 0.3) is 5.91 Å². The van der Waals surface area contributed by atoms with Gasteiger partial charge in [-0.2, -0.15) is 0 Å². The number of hydrogen-bond acceptors (Lipinski definition) is 4. The highest BCUT2D eigenvalue weighted by Gasteiger charge is 2.56. The first kappa shape index (κ1) is 22.3. The number of ether oxygens (including phenoxy) is 2. The Morgan fingerprint density at radius 3 is 2.47 bits per heavy atom. The lowest BCUT2D eigenvalue weighted by Crippen LogP contribution is -2.43. The van der Waals surface area contributed by atoms with Crippen molar-refractivity contribution in [3.63, 3.8) is 0 Å². The summed E-state index contributed by atoms with van der Waals surface area (Å²) in [6.45, 7) is 2.52. The van der Waals surface area contributed by atoms with Crippen LogP contribution in [0.3, 0.4) is 0 Å². The predicted octanol–water partition coefficient (Wildman–Crippen LogP) is 4.47. The average Bonchev–Trinajstić information content (AvgIpc) is 3.47. The summed E-state index contributed by atoms with van der Waals surface area (Å²) >= 11 is 0. The molecule has 0 radical (unpaired) electrons. The molecule has 6 nitrogen and oxygen atoms in total. The number of carboxylic acid groups (broad SMARTS) is 1. The molecule has 7 rings (SSSR count). The highest BCUT2D eigenvalue weighted by molar-refractivity contribution is 5.97. The maximum Gasteiger partial charge on any atom is 0.326 e. The first-order valence-electron chi connectivity index (χ1n) is 12.8. The van der Waals surface area contributed by atoms with Crippen molar-refractivity contribution in [2.75, 3.05) is 20.3 Å². The van der Waals surface area contributed by atoms with Crippen LogP contribution >= 0.6 is 0 Å². The largest absolute Gasteiger partial charge is 0.493 e. The van der Waals surface area contributed by atoms with Crippen molar-refractivity contribution in [3.05, 3.63) is 29.1 Å².